The van der Waals surface area contributed by atoms with E-state index in [1.165, 1.54) is 0 Å². The van der Waals surface area contributed by atoms with Gasteiger partial charge in [-0.2, -0.15) is 0 Å². The van der Waals surface area contributed by atoms with Crippen LogP contribution in [0.3, 0.4) is 0 Å². The van der Waals surface area contributed by atoms with Crippen LogP contribution < -0.4 is 11.1 Å². The van der Waals surface area contributed by atoms with Gasteiger partial charge in [0, 0.05) is 11.7 Å². The van der Waals surface area contributed by atoms with Crippen molar-refractivity contribution in [3.63, 3.8) is 0 Å². The number of hydrogen-bond donors (Lipinski definition) is 2. The van der Waals surface area contributed by atoms with E-state index < -0.39 is 9.84 Å². The third kappa shape index (κ3) is 3.36. The van der Waals surface area contributed by atoms with Gasteiger partial charge in [0.2, 0.25) is 0 Å². The molecular weight excluding hydrogens is 276 g/mol. The Morgan fingerprint density at radius 1 is 1.33 bits per heavy atom. The molecule has 0 saturated carbocycles. The maximum absolute atomic E-state index is 11.8. The van der Waals surface area contributed by atoms with Gasteiger partial charge in [-0.25, -0.2) is 8.42 Å². The zero-order chi connectivity index (χ0) is 12.5. The topological polar surface area (TPSA) is 89.3 Å². The van der Waals surface area contributed by atoms with Crippen molar-refractivity contribution in [1.29, 1.82) is 0 Å². The van der Waals surface area contributed by atoms with Crippen LogP contribution in [0, 0.1) is 0 Å². The molecule has 3 N–H and O–H groups in total. The third-order valence-corrected chi connectivity index (χ3v) is 4.54. The number of benzene rings is 1. The Bertz CT molecular complexity index is 545. The van der Waals surface area contributed by atoms with Crippen molar-refractivity contribution >= 4 is 33.8 Å². The molecule has 100 valence electrons. The molecule has 1 saturated heterocycles. The van der Waals surface area contributed by atoms with Crippen LogP contribution in [0.2, 0.25) is 0 Å². The van der Waals surface area contributed by atoms with E-state index in [4.69, 9.17) is 5.73 Å². The predicted molar refractivity (Wildman–Crippen MR) is 72.6 cm³/mol. The Morgan fingerprint density at radius 2 is 2.00 bits per heavy atom. The number of nitrogens with one attached hydrogen (secondary N) is 1. The lowest BCUT2D eigenvalue weighted by Crippen LogP contribution is -2.35. The number of sulfone groups is 1. The Labute approximate surface area is 112 Å². The first-order valence-corrected chi connectivity index (χ1v) is 7.16. The second-order valence-corrected chi connectivity index (χ2v) is 6.39. The number of nitrogens with two attached hydrogens (primary N) is 1. The Kier molecular flexibility index (Phi) is 4.59. The molecule has 7 heteroatoms. The van der Waals surface area contributed by atoms with E-state index >= 15 is 0 Å². The van der Waals surface area contributed by atoms with Crippen molar-refractivity contribution in [3.8, 4) is 0 Å². The van der Waals surface area contributed by atoms with Gasteiger partial charge in [0.25, 0.3) is 5.91 Å². The highest BCUT2D eigenvalue weighted by Crippen LogP contribution is 2.14. The van der Waals surface area contributed by atoms with Crippen LogP contribution in [-0.2, 0) is 9.84 Å². The molecule has 1 aliphatic rings. The summed E-state index contributed by atoms with van der Waals surface area (Å²) < 4.78 is 22.5. The summed E-state index contributed by atoms with van der Waals surface area (Å²) in [5.41, 5.74) is 6.45. The van der Waals surface area contributed by atoms with E-state index in [0.29, 0.717) is 17.7 Å². The van der Waals surface area contributed by atoms with Gasteiger partial charge < -0.3 is 11.1 Å². The van der Waals surface area contributed by atoms with Crippen molar-refractivity contribution in [3.05, 3.63) is 29.8 Å². The molecule has 0 aromatic heterocycles. The lowest BCUT2D eigenvalue weighted by molar-refractivity contribution is 0.0942. The van der Waals surface area contributed by atoms with Crippen molar-refractivity contribution in [2.45, 2.75) is 12.5 Å². The van der Waals surface area contributed by atoms with Crippen LogP contribution in [0.4, 0.5) is 5.69 Å². The highest BCUT2D eigenvalue weighted by atomic mass is 35.5. The van der Waals surface area contributed by atoms with Crippen LogP contribution in [-0.4, -0.2) is 31.9 Å². The summed E-state index contributed by atoms with van der Waals surface area (Å²) in [7, 11) is -2.98. The monoisotopic (exact) mass is 290 g/mol. The quantitative estimate of drug-likeness (QED) is 0.781. The molecule has 1 aromatic carbocycles. The molecule has 1 aromatic rings. The van der Waals surface area contributed by atoms with Crippen LogP contribution in [0.1, 0.15) is 16.8 Å². The lowest BCUT2D eigenvalue weighted by Gasteiger charge is -2.11. The maximum Gasteiger partial charge on any atom is 0.253 e. The standard InChI is InChI=1S/C11H14N2O3S.ClH/c12-10-4-2-1-3-9(10)11(14)13-8-5-6-17(15,16)7-8;/h1-4,8H,5-7,12H2,(H,13,14);1H. The number of amides is 1. The molecule has 0 bridgehead atoms. The van der Waals surface area contributed by atoms with Crippen molar-refractivity contribution in [1.82, 2.24) is 5.32 Å². The van der Waals surface area contributed by atoms with E-state index in [1.54, 1.807) is 24.3 Å². The molecule has 1 fully saturated rings. The minimum Gasteiger partial charge on any atom is -0.398 e. The summed E-state index contributed by atoms with van der Waals surface area (Å²) in [6, 6.07) is 6.42. The van der Waals surface area contributed by atoms with Crippen molar-refractivity contribution < 1.29 is 13.2 Å². The van der Waals surface area contributed by atoms with Crippen LogP contribution in [0.15, 0.2) is 24.3 Å². The average molecular weight is 291 g/mol. The molecule has 1 heterocycles. The highest BCUT2D eigenvalue weighted by Gasteiger charge is 2.29. The van der Waals surface area contributed by atoms with Gasteiger partial charge in [-0.05, 0) is 18.6 Å². The van der Waals surface area contributed by atoms with E-state index in [9.17, 15) is 13.2 Å². The summed E-state index contributed by atoms with van der Waals surface area (Å²) in [4.78, 5) is 11.8. The first-order valence-electron chi connectivity index (χ1n) is 5.34. The molecule has 1 unspecified atom stereocenters. The summed E-state index contributed by atoms with van der Waals surface area (Å²) in [6.07, 6.45) is 0.473. The number of hydrogen-bond acceptors (Lipinski definition) is 4. The first-order chi connectivity index (χ1) is 7.98. The fraction of sp³-hybridized carbons (Fsp3) is 0.364. The number of halogens is 1. The zero-order valence-electron chi connectivity index (χ0n) is 9.63. The minimum absolute atomic E-state index is 0. The Hall–Kier alpha value is -1.27. The molecule has 0 radical (unpaired) electrons. The second kappa shape index (κ2) is 5.58. The van der Waals surface area contributed by atoms with Gasteiger partial charge in [-0.1, -0.05) is 12.1 Å². The van der Waals surface area contributed by atoms with Crippen LogP contribution >= 0.6 is 12.4 Å². The molecule has 1 amide bonds. The lowest BCUT2D eigenvalue weighted by atomic mass is 10.1. The van der Waals surface area contributed by atoms with E-state index in [2.05, 4.69) is 5.32 Å². The largest absolute Gasteiger partial charge is 0.398 e. The SMILES string of the molecule is Cl.Nc1ccccc1C(=O)NC1CCS(=O)(=O)C1. The van der Waals surface area contributed by atoms with Crippen molar-refractivity contribution in [2.24, 2.45) is 0 Å². The predicted octanol–water partition coefficient (Wildman–Crippen LogP) is 0.607. The number of carbonyl (C=O) groups excluding carboxylic acids is 1. The molecule has 2 rings (SSSR count). The summed E-state index contributed by atoms with van der Waals surface area (Å²) in [5, 5.41) is 2.69. The smallest absolute Gasteiger partial charge is 0.253 e. The van der Waals surface area contributed by atoms with Crippen LogP contribution in [0.25, 0.3) is 0 Å². The van der Waals surface area contributed by atoms with Gasteiger partial charge in [0.15, 0.2) is 9.84 Å². The molecule has 0 aliphatic carbocycles. The molecule has 1 aliphatic heterocycles. The Balaban J connectivity index is 0.00000162. The van der Waals surface area contributed by atoms with Gasteiger partial charge >= 0.3 is 0 Å². The second-order valence-electron chi connectivity index (χ2n) is 4.16. The third-order valence-electron chi connectivity index (χ3n) is 2.77. The minimum atomic E-state index is -2.98. The van der Waals surface area contributed by atoms with Gasteiger partial charge in [0.1, 0.15) is 0 Å². The number of nitrogen functional groups attached to an aromatic ring is 1. The van der Waals surface area contributed by atoms with Crippen molar-refractivity contribution in [2.75, 3.05) is 17.2 Å². The zero-order valence-corrected chi connectivity index (χ0v) is 11.3. The number of carbonyl (C=O) groups is 1. The maximum atomic E-state index is 11.8. The summed E-state index contributed by atoms with van der Waals surface area (Å²) in [5.74, 6) is -0.154. The van der Waals surface area contributed by atoms with Gasteiger partial charge in [-0.3, -0.25) is 4.79 Å². The highest BCUT2D eigenvalue weighted by molar-refractivity contribution is 7.91. The number of para-hydroxylation sites is 1. The summed E-state index contributed by atoms with van der Waals surface area (Å²) >= 11 is 0. The fourth-order valence-corrected chi connectivity index (χ4v) is 3.55. The molecule has 1 atom stereocenters. The molecule has 5 nitrogen and oxygen atoms in total. The fourth-order valence-electron chi connectivity index (χ4n) is 1.88. The number of rotatable bonds is 2. The van der Waals surface area contributed by atoms with Gasteiger partial charge in [0.05, 0.1) is 17.1 Å². The average Bonchev–Trinajstić information content (AvgIpc) is 2.58. The Morgan fingerprint density at radius 3 is 2.56 bits per heavy atom. The van der Waals surface area contributed by atoms with E-state index in [1.807, 2.05) is 0 Å². The van der Waals surface area contributed by atoms with Gasteiger partial charge in [-0.15, -0.1) is 12.4 Å². The molecule has 18 heavy (non-hydrogen) atoms. The normalized spacial score (nSPS) is 21.0. The molecular formula is C11H15ClN2O3S. The van der Waals surface area contributed by atoms with E-state index in [-0.39, 0.29) is 35.9 Å². The summed E-state index contributed by atoms with van der Waals surface area (Å²) in [6.45, 7) is 0. The first kappa shape index (κ1) is 14.8. The van der Waals surface area contributed by atoms with E-state index in [0.717, 1.165) is 0 Å². The van der Waals surface area contributed by atoms with Crippen LogP contribution in [0.5, 0.6) is 0 Å². The molecule has 0 spiro atoms. The number of anilines is 1.